The Kier molecular flexibility index (Phi) is 6.48. The van der Waals surface area contributed by atoms with Crippen molar-refractivity contribution in [2.75, 3.05) is 13.6 Å². The van der Waals surface area contributed by atoms with Crippen LogP contribution in [0.15, 0.2) is 105 Å². The SMILES string of the molecule is C/C=C(\C=C/NC)CNC(=O)C12C=CCC3=C(N=C(c4ccccc4F)c4ccccc4S3)C1C2. The number of halogens is 1. The standard InChI is InChI=1S/C29H28FN3OS/c1-3-19(14-16-31-2)18-32-28(34)29-15-8-13-25-27(22(29)17-29)33-26(20-9-4-6-11-23(20)30)21-10-5-7-12-24(21)35-25/h3-12,14-16,22,31H,13,17-18H2,1-2H3,(H,32,34)/b16-14-,19-3+. The second-order valence-corrected chi connectivity index (χ2v) is 10.1. The van der Waals surface area contributed by atoms with E-state index < -0.39 is 5.41 Å². The zero-order valence-electron chi connectivity index (χ0n) is 19.8. The van der Waals surface area contributed by atoms with E-state index in [0.717, 1.165) is 26.6 Å². The van der Waals surface area contributed by atoms with Crippen molar-refractivity contribution in [2.24, 2.45) is 16.3 Å². The van der Waals surface area contributed by atoms with Gasteiger partial charge in [-0.05, 0) is 55.8 Å². The van der Waals surface area contributed by atoms with Gasteiger partial charge < -0.3 is 10.6 Å². The van der Waals surface area contributed by atoms with Gasteiger partial charge in [0.05, 0.1) is 16.8 Å². The molecule has 178 valence electrons. The first kappa shape index (κ1) is 23.4. The first-order valence-corrected chi connectivity index (χ1v) is 12.7. The average molecular weight is 486 g/mol. The van der Waals surface area contributed by atoms with Crippen LogP contribution in [0.5, 0.6) is 0 Å². The molecule has 1 saturated carbocycles. The molecule has 2 unspecified atom stereocenters. The Morgan fingerprint density at radius 3 is 2.74 bits per heavy atom. The number of nitrogens with zero attached hydrogens (tertiary/aromatic N) is 1. The molecule has 2 aliphatic carbocycles. The summed E-state index contributed by atoms with van der Waals surface area (Å²) in [5.41, 5.74) is 3.36. The third kappa shape index (κ3) is 4.39. The summed E-state index contributed by atoms with van der Waals surface area (Å²) >= 11 is 1.69. The molecule has 1 aliphatic heterocycles. The van der Waals surface area contributed by atoms with Gasteiger partial charge in [-0.2, -0.15) is 0 Å². The second-order valence-electron chi connectivity index (χ2n) is 8.92. The van der Waals surface area contributed by atoms with Crippen molar-refractivity contribution in [3.8, 4) is 0 Å². The highest BCUT2D eigenvalue weighted by atomic mass is 32.2. The van der Waals surface area contributed by atoms with E-state index in [9.17, 15) is 9.18 Å². The van der Waals surface area contributed by atoms with E-state index in [4.69, 9.17) is 4.99 Å². The van der Waals surface area contributed by atoms with Gasteiger partial charge in [-0.1, -0.05) is 60.3 Å². The lowest BCUT2D eigenvalue weighted by molar-refractivity contribution is -0.124. The van der Waals surface area contributed by atoms with Gasteiger partial charge in [0.2, 0.25) is 5.91 Å². The first-order valence-electron chi connectivity index (χ1n) is 11.9. The lowest BCUT2D eigenvalue weighted by atomic mass is 9.99. The van der Waals surface area contributed by atoms with Gasteiger partial charge in [0.15, 0.2) is 0 Å². The summed E-state index contributed by atoms with van der Waals surface area (Å²) in [6.07, 6.45) is 11.4. The maximum absolute atomic E-state index is 14.9. The Morgan fingerprint density at radius 2 is 1.97 bits per heavy atom. The van der Waals surface area contributed by atoms with Crippen LogP contribution in [-0.4, -0.2) is 25.2 Å². The van der Waals surface area contributed by atoms with E-state index in [-0.39, 0.29) is 17.6 Å². The van der Waals surface area contributed by atoms with Crippen LogP contribution in [0.1, 0.15) is 30.9 Å². The molecule has 1 heterocycles. The number of hydrogen-bond donors (Lipinski definition) is 2. The smallest absolute Gasteiger partial charge is 0.231 e. The second kappa shape index (κ2) is 9.70. The highest BCUT2D eigenvalue weighted by Crippen LogP contribution is 2.62. The Bertz CT molecular complexity index is 1320. The number of fused-ring (bicyclic) bond motifs is 3. The van der Waals surface area contributed by atoms with Crippen molar-refractivity contribution < 1.29 is 9.18 Å². The number of allylic oxidation sites excluding steroid dienone is 4. The summed E-state index contributed by atoms with van der Waals surface area (Å²) < 4.78 is 14.9. The molecule has 5 rings (SSSR count). The van der Waals surface area contributed by atoms with Gasteiger partial charge in [-0.3, -0.25) is 9.79 Å². The molecule has 3 aliphatic rings. The fraction of sp³-hybridized carbons (Fsp3) is 0.241. The van der Waals surface area contributed by atoms with Gasteiger partial charge in [0, 0.05) is 40.4 Å². The summed E-state index contributed by atoms with van der Waals surface area (Å²) in [6, 6.07) is 14.8. The Labute approximate surface area is 209 Å². The molecule has 2 atom stereocenters. The Morgan fingerprint density at radius 1 is 1.20 bits per heavy atom. The van der Waals surface area contributed by atoms with E-state index >= 15 is 0 Å². The number of thioether (sulfide) groups is 1. The molecule has 4 nitrogen and oxygen atoms in total. The third-order valence-corrected chi connectivity index (χ3v) is 7.98. The third-order valence-electron chi connectivity index (χ3n) is 6.79. The molecule has 6 heteroatoms. The van der Waals surface area contributed by atoms with Crippen molar-refractivity contribution in [3.63, 3.8) is 0 Å². The summed E-state index contributed by atoms with van der Waals surface area (Å²) in [5, 5.41) is 6.11. The minimum atomic E-state index is -0.608. The van der Waals surface area contributed by atoms with Crippen molar-refractivity contribution in [2.45, 2.75) is 24.7 Å². The van der Waals surface area contributed by atoms with E-state index in [2.05, 4.69) is 28.9 Å². The van der Waals surface area contributed by atoms with Crippen LogP contribution >= 0.6 is 11.8 Å². The zero-order valence-corrected chi connectivity index (χ0v) is 20.7. The lowest BCUT2D eigenvalue weighted by Gasteiger charge is -2.14. The Hall–Kier alpha value is -3.38. The highest BCUT2D eigenvalue weighted by molar-refractivity contribution is 8.03. The fourth-order valence-corrected chi connectivity index (χ4v) is 5.92. The minimum Gasteiger partial charge on any atom is -0.394 e. The van der Waals surface area contributed by atoms with E-state index in [1.807, 2.05) is 56.6 Å². The molecule has 2 aromatic carbocycles. The molecule has 2 aromatic rings. The van der Waals surface area contributed by atoms with Gasteiger partial charge in [-0.25, -0.2) is 4.39 Å². The van der Waals surface area contributed by atoms with E-state index in [1.165, 1.54) is 6.07 Å². The van der Waals surface area contributed by atoms with E-state index in [0.29, 0.717) is 30.7 Å². The normalized spacial score (nSPS) is 23.0. The van der Waals surface area contributed by atoms with Crippen molar-refractivity contribution >= 4 is 23.4 Å². The topological polar surface area (TPSA) is 53.5 Å². The van der Waals surface area contributed by atoms with Crippen molar-refractivity contribution in [3.05, 3.63) is 112 Å². The maximum atomic E-state index is 14.9. The van der Waals surface area contributed by atoms with E-state index in [1.54, 1.807) is 23.9 Å². The van der Waals surface area contributed by atoms with Gasteiger partial charge in [-0.15, -0.1) is 0 Å². The molecule has 0 radical (unpaired) electrons. The van der Waals surface area contributed by atoms with Gasteiger partial charge >= 0.3 is 0 Å². The molecule has 1 fully saturated rings. The summed E-state index contributed by atoms with van der Waals surface area (Å²) in [6.45, 7) is 2.42. The Balaban J connectivity index is 1.50. The number of nitrogens with one attached hydrogen (secondary N) is 2. The summed E-state index contributed by atoms with van der Waals surface area (Å²) in [7, 11) is 1.84. The lowest BCUT2D eigenvalue weighted by Crippen LogP contribution is -2.33. The van der Waals surface area contributed by atoms with Crippen molar-refractivity contribution in [1.29, 1.82) is 0 Å². The first-order chi connectivity index (χ1) is 17.1. The number of amides is 1. The number of aliphatic imine (C=N–C) groups is 1. The number of carbonyl (C=O) groups is 1. The van der Waals surface area contributed by atoms with Crippen LogP contribution in [0.25, 0.3) is 0 Å². The monoisotopic (exact) mass is 485 g/mol. The number of benzene rings is 2. The molecule has 2 N–H and O–H groups in total. The molecule has 0 aromatic heterocycles. The average Bonchev–Trinajstić information content (AvgIpc) is 3.63. The van der Waals surface area contributed by atoms with Crippen LogP contribution in [0, 0.1) is 17.2 Å². The quantitative estimate of drug-likeness (QED) is 0.405. The van der Waals surface area contributed by atoms with Crippen LogP contribution < -0.4 is 10.6 Å². The van der Waals surface area contributed by atoms with Crippen LogP contribution in [0.2, 0.25) is 0 Å². The molecular weight excluding hydrogens is 457 g/mol. The summed E-state index contributed by atoms with van der Waals surface area (Å²) in [4.78, 5) is 20.7. The summed E-state index contributed by atoms with van der Waals surface area (Å²) in [5.74, 6) is -0.309. The molecule has 0 bridgehead atoms. The predicted octanol–water partition coefficient (Wildman–Crippen LogP) is 5.74. The largest absolute Gasteiger partial charge is 0.394 e. The van der Waals surface area contributed by atoms with Crippen LogP contribution in [0.3, 0.4) is 0 Å². The molecule has 1 amide bonds. The predicted molar refractivity (Wildman–Crippen MR) is 141 cm³/mol. The molecule has 35 heavy (non-hydrogen) atoms. The molecule has 0 saturated heterocycles. The fourth-order valence-electron chi connectivity index (χ4n) is 4.76. The molecule has 0 spiro atoms. The zero-order chi connectivity index (χ0) is 24.4. The van der Waals surface area contributed by atoms with Crippen LogP contribution in [0.4, 0.5) is 4.39 Å². The number of hydrogen-bond acceptors (Lipinski definition) is 4. The molecular formula is C29H28FN3OS. The number of rotatable bonds is 6. The highest BCUT2D eigenvalue weighted by Gasteiger charge is 2.61. The minimum absolute atomic E-state index is 0.0131. The van der Waals surface area contributed by atoms with Crippen LogP contribution in [-0.2, 0) is 4.79 Å². The van der Waals surface area contributed by atoms with Gasteiger partial charge in [0.25, 0.3) is 0 Å². The van der Waals surface area contributed by atoms with Crippen molar-refractivity contribution in [1.82, 2.24) is 10.6 Å². The number of carbonyl (C=O) groups excluding carboxylic acids is 1. The maximum Gasteiger partial charge on any atom is 0.231 e. The van der Waals surface area contributed by atoms with Gasteiger partial charge in [0.1, 0.15) is 5.82 Å².